The van der Waals surface area contributed by atoms with E-state index in [0.717, 1.165) is 5.75 Å². The molecule has 2 N–H and O–H groups in total. The van der Waals surface area contributed by atoms with Crippen LogP contribution in [0.1, 0.15) is 44.5 Å². The van der Waals surface area contributed by atoms with Crippen LogP contribution in [0.15, 0.2) is 24.3 Å². The number of amides is 1. The highest BCUT2D eigenvalue weighted by Gasteiger charge is 2.16. The van der Waals surface area contributed by atoms with E-state index in [1.165, 1.54) is 0 Å². The molecule has 118 valence electrons. The molecule has 0 bridgehead atoms. The van der Waals surface area contributed by atoms with Gasteiger partial charge in [-0.05, 0) is 42.5 Å². The highest BCUT2D eigenvalue weighted by molar-refractivity contribution is 5.94. The number of nitrogens with one attached hydrogen (secondary N) is 1. The Morgan fingerprint density at radius 2 is 1.81 bits per heavy atom. The van der Waals surface area contributed by atoms with Crippen molar-refractivity contribution >= 4 is 5.91 Å². The lowest BCUT2D eigenvalue weighted by molar-refractivity contribution is 0.0916. The second kappa shape index (κ2) is 8.67. The lowest BCUT2D eigenvalue weighted by Crippen LogP contribution is -2.39. The summed E-state index contributed by atoms with van der Waals surface area (Å²) in [6.07, 6.45) is 0.568. The summed E-state index contributed by atoms with van der Waals surface area (Å²) in [5.74, 6) is 1.42. The highest BCUT2D eigenvalue weighted by Crippen LogP contribution is 2.14. The number of aliphatic hydroxyl groups is 1. The number of ether oxygens (including phenoxy) is 1. The summed E-state index contributed by atoms with van der Waals surface area (Å²) in [6.45, 7) is 8.99. The minimum absolute atomic E-state index is 0.0145. The number of aliphatic hydroxyl groups excluding tert-OH is 1. The second-order valence-electron chi connectivity index (χ2n) is 6.07. The molecule has 4 heteroatoms. The lowest BCUT2D eigenvalue weighted by atomic mass is 10.0. The lowest BCUT2D eigenvalue weighted by Gasteiger charge is -2.21. The zero-order chi connectivity index (χ0) is 15.8. The topological polar surface area (TPSA) is 58.6 Å². The van der Waals surface area contributed by atoms with E-state index in [0.29, 0.717) is 24.5 Å². The number of rotatable bonds is 8. The van der Waals surface area contributed by atoms with E-state index in [-0.39, 0.29) is 24.5 Å². The fourth-order valence-electron chi connectivity index (χ4n) is 1.93. The Kier molecular flexibility index (Phi) is 7.23. The molecule has 1 unspecified atom stereocenters. The standard InChI is InChI=1S/C17H27NO3/c1-12(2)11-21-15-7-5-14(6-8-15)17(20)18-16(9-10-19)13(3)4/h5-8,12-13,16,19H,9-11H2,1-4H3,(H,18,20). The molecule has 0 fully saturated rings. The molecule has 1 atom stereocenters. The molecule has 1 rings (SSSR count). The van der Waals surface area contributed by atoms with Crippen LogP contribution in [-0.4, -0.2) is 30.3 Å². The van der Waals surface area contributed by atoms with Gasteiger partial charge in [-0.1, -0.05) is 27.7 Å². The predicted octanol–water partition coefficient (Wildman–Crippen LogP) is 2.86. The summed E-state index contributed by atoms with van der Waals surface area (Å²) in [4.78, 5) is 12.2. The fourth-order valence-corrected chi connectivity index (χ4v) is 1.93. The molecule has 0 spiro atoms. The van der Waals surface area contributed by atoms with E-state index in [4.69, 9.17) is 9.84 Å². The van der Waals surface area contributed by atoms with Gasteiger partial charge in [0.25, 0.3) is 5.91 Å². The SMILES string of the molecule is CC(C)COc1ccc(C(=O)NC(CCO)C(C)C)cc1. The summed E-state index contributed by atoms with van der Waals surface area (Å²) < 4.78 is 5.60. The molecule has 0 radical (unpaired) electrons. The van der Waals surface area contributed by atoms with Crippen molar-refractivity contribution in [3.63, 3.8) is 0 Å². The van der Waals surface area contributed by atoms with Gasteiger partial charge in [-0.15, -0.1) is 0 Å². The van der Waals surface area contributed by atoms with Crippen LogP contribution in [0, 0.1) is 11.8 Å². The van der Waals surface area contributed by atoms with Crippen LogP contribution >= 0.6 is 0 Å². The first-order valence-electron chi connectivity index (χ1n) is 7.58. The van der Waals surface area contributed by atoms with E-state index in [9.17, 15) is 4.79 Å². The maximum Gasteiger partial charge on any atom is 0.251 e. The second-order valence-corrected chi connectivity index (χ2v) is 6.07. The quantitative estimate of drug-likeness (QED) is 0.775. The number of carbonyl (C=O) groups is 1. The number of hydrogen-bond acceptors (Lipinski definition) is 3. The van der Waals surface area contributed by atoms with Gasteiger partial charge in [-0.3, -0.25) is 4.79 Å². The first-order chi connectivity index (χ1) is 9.93. The third-order valence-electron chi connectivity index (χ3n) is 3.26. The molecule has 0 saturated carbocycles. The Labute approximate surface area is 127 Å². The number of hydrogen-bond donors (Lipinski definition) is 2. The van der Waals surface area contributed by atoms with E-state index in [1.54, 1.807) is 12.1 Å². The van der Waals surface area contributed by atoms with Crippen LogP contribution in [0.2, 0.25) is 0 Å². The minimum Gasteiger partial charge on any atom is -0.493 e. The molecule has 0 aliphatic carbocycles. The molecule has 4 nitrogen and oxygen atoms in total. The van der Waals surface area contributed by atoms with Crippen molar-refractivity contribution < 1.29 is 14.6 Å². The van der Waals surface area contributed by atoms with Crippen LogP contribution in [0.4, 0.5) is 0 Å². The highest BCUT2D eigenvalue weighted by atomic mass is 16.5. The Balaban J connectivity index is 2.61. The molecule has 0 aromatic heterocycles. The van der Waals surface area contributed by atoms with Crippen molar-refractivity contribution in [3.8, 4) is 5.75 Å². The molecule has 0 aliphatic heterocycles. The zero-order valence-electron chi connectivity index (χ0n) is 13.4. The maximum atomic E-state index is 12.2. The van der Waals surface area contributed by atoms with Gasteiger partial charge in [0.1, 0.15) is 5.75 Å². The Hall–Kier alpha value is -1.55. The van der Waals surface area contributed by atoms with Crippen LogP contribution in [0.5, 0.6) is 5.75 Å². The number of carbonyl (C=O) groups excluding carboxylic acids is 1. The molecule has 0 aliphatic rings. The van der Waals surface area contributed by atoms with Crippen molar-refractivity contribution in [1.29, 1.82) is 0 Å². The Morgan fingerprint density at radius 1 is 1.19 bits per heavy atom. The number of benzene rings is 1. The van der Waals surface area contributed by atoms with Crippen LogP contribution in [0.3, 0.4) is 0 Å². The van der Waals surface area contributed by atoms with E-state index in [1.807, 2.05) is 26.0 Å². The minimum atomic E-state index is -0.113. The van der Waals surface area contributed by atoms with Gasteiger partial charge in [0.2, 0.25) is 0 Å². The third-order valence-corrected chi connectivity index (χ3v) is 3.26. The van der Waals surface area contributed by atoms with E-state index < -0.39 is 0 Å². The monoisotopic (exact) mass is 293 g/mol. The molecule has 0 saturated heterocycles. The zero-order valence-corrected chi connectivity index (χ0v) is 13.4. The summed E-state index contributed by atoms with van der Waals surface area (Å²) in [5.41, 5.74) is 0.607. The third kappa shape index (κ3) is 6.17. The Morgan fingerprint density at radius 3 is 2.29 bits per heavy atom. The summed E-state index contributed by atoms with van der Waals surface area (Å²) in [5, 5.41) is 12.0. The van der Waals surface area contributed by atoms with Crippen molar-refractivity contribution in [2.24, 2.45) is 11.8 Å². The van der Waals surface area contributed by atoms with Gasteiger partial charge in [0.05, 0.1) is 6.61 Å². The average Bonchev–Trinajstić information content (AvgIpc) is 2.45. The van der Waals surface area contributed by atoms with Crippen molar-refractivity contribution in [1.82, 2.24) is 5.32 Å². The molecule has 1 aromatic rings. The molecule has 1 aromatic carbocycles. The fraction of sp³-hybridized carbons (Fsp3) is 0.588. The molecule has 0 heterocycles. The van der Waals surface area contributed by atoms with Crippen LogP contribution in [-0.2, 0) is 0 Å². The van der Waals surface area contributed by atoms with E-state index in [2.05, 4.69) is 19.2 Å². The van der Waals surface area contributed by atoms with Gasteiger partial charge in [0.15, 0.2) is 0 Å². The van der Waals surface area contributed by atoms with Crippen LogP contribution in [0.25, 0.3) is 0 Å². The average molecular weight is 293 g/mol. The molecular formula is C17H27NO3. The first kappa shape index (κ1) is 17.5. The summed E-state index contributed by atoms with van der Waals surface area (Å²) >= 11 is 0. The van der Waals surface area contributed by atoms with Gasteiger partial charge < -0.3 is 15.2 Å². The van der Waals surface area contributed by atoms with Gasteiger partial charge in [0, 0.05) is 18.2 Å². The Bertz CT molecular complexity index is 426. The predicted molar refractivity (Wildman–Crippen MR) is 84.6 cm³/mol. The van der Waals surface area contributed by atoms with Crippen molar-refractivity contribution in [3.05, 3.63) is 29.8 Å². The smallest absolute Gasteiger partial charge is 0.251 e. The van der Waals surface area contributed by atoms with E-state index >= 15 is 0 Å². The van der Waals surface area contributed by atoms with Gasteiger partial charge >= 0.3 is 0 Å². The largest absolute Gasteiger partial charge is 0.493 e. The van der Waals surface area contributed by atoms with Crippen molar-refractivity contribution in [2.45, 2.75) is 40.2 Å². The molecule has 21 heavy (non-hydrogen) atoms. The molecular weight excluding hydrogens is 266 g/mol. The maximum absolute atomic E-state index is 12.2. The normalized spacial score (nSPS) is 12.5. The summed E-state index contributed by atoms with van der Waals surface area (Å²) in [7, 11) is 0. The van der Waals surface area contributed by atoms with Crippen molar-refractivity contribution in [2.75, 3.05) is 13.2 Å². The van der Waals surface area contributed by atoms with Crippen LogP contribution < -0.4 is 10.1 Å². The molecule has 1 amide bonds. The first-order valence-corrected chi connectivity index (χ1v) is 7.58. The van der Waals surface area contributed by atoms with Gasteiger partial charge in [-0.25, -0.2) is 0 Å². The van der Waals surface area contributed by atoms with Gasteiger partial charge in [-0.2, -0.15) is 0 Å². The summed E-state index contributed by atoms with van der Waals surface area (Å²) in [6, 6.07) is 7.14.